The van der Waals surface area contributed by atoms with Gasteiger partial charge in [0.2, 0.25) is 0 Å². The topological polar surface area (TPSA) is 79.9 Å². The molecule has 1 atom stereocenters. The molecule has 2 aromatic rings. The molecule has 0 aromatic heterocycles. The van der Waals surface area contributed by atoms with Crippen LogP contribution < -0.4 is 15.4 Å². The van der Waals surface area contributed by atoms with Crippen LogP contribution in [0.1, 0.15) is 24.1 Å². The number of likely N-dealkylation sites (N-methyl/N-ethyl adjacent to an activating group) is 1. The normalized spacial score (nSPS) is 16.1. The van der Waals surface area contributed by atoms with Gasteiger partial charge < -0.3 is 20.1 Å². The standard InChI is InChI=1S/C23H27N3O4/c1-4-30-18-12-10-17(11-13-18)21-20(22(27)29-3)19(24-23(28)25-21)15-26(2)14-16-8-6-5-7-9-16/h5-13,21H,4,14-15H2,1-3H3,(H2,24,25,28)/t21-/m1/s1. The third-order valence-corrected chi connectivity index (χ3v) is 4.81. The smallest absolute Gasteiger partial charge is 0.338 e. The van der Waals surface area contributed by atoms with Gasteiger partial charge in [-0.25, -0.2) is 9.59 Å². The summed E-state index contributed by atoms with van der Waals surface area (Å²) in [7, 11) is 3.28. The van der Waals surface area contributed by atoms with Crippen LogP contribution in [-0.4, -0.2) is 44.2 Å². The van der Waals surface area contributed by atoms with Crippen molar-refractivity contribution in [2.24, 2.45) is 0 Å². The van der Waals surface area contributed by atoms with Gasteiger partial charge in [0, 0.05) is 18.8 Å². The summed E-state index contributed by atoms with van der Waals surface area (Å²) >= 11 is 0. The third-order valence-electron chi connectivity index (χ3n) is 4.81. The first-order valence-electron chi connectivity index (χ1n) is 9.86. The van der Waals surface area contributed by atoms with Crippen molar-refractivity contribution in [3.8, 4) is 5.75 Å². The van der Waals surface area contributed by atoms with E-state index in [1.165, 1.54) is 7.11 Å². The molecule has 0 fully saturated rings. The first kappa shape index (κ1) is 21.4. The minimum absolute atomic E-state index is 0.357. The van der Waals surface area contributed by atoms with E-state index in [1.54, 1.807) is 0 Å². The van der Waals surface area contributed by atoms with Gasteiger partial charge in [-0.3, -0.25) is 4.90 Å². The Balaban J connectivity index is 1.90. The fourth-order valence-electron chi connectivity index (χ4n) is 3.49. The highest BCUT2D eigenvalue weighted by molar-refractivity contribution is 5.95. The fraction of sp³-hybridized carbons (Fsp3) is 0.304. The van der Waals surface area contributed by atoms with Gasteiger partial charge in [0.05, 0.1) is 25.3 Å². The van der Waals surface area contributed by atoms with E-state index in [1.807, 2.05) is 73.5 Å². The van der Waals surface area contributed by atoms with E-state index in [9.17, 15) is 9.59 Å². The highest BCUT2D eigenvalue weighted by Crippen LogP contribution is 2.29. The van der Waals surface area contributed by atoms with Crippen molar-refractivity contribution in [2.45, 2.75) is 19.5 Å². The van der Waals surface area contributed by atoms with Crippen LogP contribution >= 0.6 is 0 Å². The summed E-state index contributed by atoms with van der Waals surface area (Å²) in [6.45, 7) is 3.54. The average Bonchev–Trinajstić information content (AvgIpc) is 2.74. The molecule has 0 aliphatic carbocycles. The van der Waals surface area contributed by atoms with Gasteiger partial charge >= 0.3 is 12.0 Å². The summed E-state index contributed by atoms with van der Waals surface area (Å²) < 4.78 is 10.5. The Hall–Kier alpha value is -3.32. The second-order valence-corrected chi connectivity index (χ2v) is 7.08. The van der Waals surface area contributed by atoms with Gasteiger partial charge in [-0.1, -0.05) is 42.5 Å². The molecule has 0 bridgehead atoms. The Morgan fingerprint density at radius 1 is 1.07 bits per heavy atom. The predicted molar refractivity (Wildman–Crippen MR) is 114 cm³/mol. The molecule has 0 saturated carbocycles. The SMILES string of the molecule is CCOc1ccc([C@H]2NC(=O)NC(CN(C)Cc3ccccc3)=C2C(=O)OC)cc1. The van der Waals surface area contributed by atoms with E-state index in [0.717, 1.165) is 16.9 Å². The molecule has 2 N–H and O–H groups in total. The zero-order valence-corrected chi connectivity index (χ0v) is 17.5. The summed E-state index contributed by atoms with van der Waals surface area (Å²) in [6.07, 6.45) is 0. The van der Waals surface area contributed by atoms with Crippen molar-refractivity contribution < 1.29 is 19.1 Å². The number of rotatable bonds is 8. The van der Waals surface area contributed by atoms with Gasteiger partial charge in [-0.2, -0.15) is 0 Å². The molecule has 0 spiro atoms. The summed E-state index contributed by atoms with van der Waals surface area (Å²) in [5.74, 6) is 0.248. The molecule has 1 aliphatic rings. The minimum atomic E-state index is -0.609. The van der Waals surface area contributed by atoms with Crippen LogP contribution in [0.3, 0.4) is 0 Å². The first-order valence-corrected chi connectivity index (χ1v) is 9.86. The lowest BCUT2D eigenvalue weighted by Gasteiger charge is -2.31. The molecule has 7 heteroatoms. The van der Waals surface area contributed by atoms with E-state index in [-0.39, 0.29) is 6.03 Å². The molecule has 0 radical (unpaired) electrons. The summed E-state index contributed by atoms with van der Waals surface area (Å²) in [4.78, 5) is 27.1. The maximum Gasteiger partial charge on any atom is 0.338 e. The average molecular weight is 409 g/mol. The van der Waals surface area contributed by atoms with Gasteiger partial charge in [-0.05, 0) is 37.2 Å². The molecule has 0 saturated heterocycles. The van der Waals surface area contributed by atoms with Crippen LogP contribution in [0.2, 0.25) is 0 Å². The number of benzene rings is 2. The van der Waals surface area contributed by atoms with Crippen LogP contribution in [0.25, 0.3) is 0 Å². The third kappa shape index (κ3) is 5.18. The van der Waals surface area contributed by atoms with Crippen LogP contribution in [0, 0.1) is 0 Å². The number of esters is 1. The van der Waals surface area contributed by atoms with Crippen LogP contribution in [-0.2, 0) is 16.1 Å². The Bertz CT molecular complexity index is 910. The highest BCUT2D eigenvalue weighted by atomic mass is 16.5. The lowest BCUT2D eigenvalue weighted by molar-refractivity contribution is -0.136. The number of hydrogen-bond donors (Lipinski definition) is 2. The Labute approximate surface area is 176 Å². The van der Waals surface area contributed by atoms with Crippen molar-refractivity contribution >= 4 is 12.0 Å². The van der Waals surface area contributed by atoms with E-state index < -0.39 is 12.0 Å². The molecule has 3 rings (SSSR count). The highest BCUT2D eigenvalue weighted by Gasteiger charge is 2.33. The zero-order valence-electron chi connectivity index (χ0n) is 17.5. The van der Waals surface area contributed by atoms with E-state index in [4.69, 9.17) is 9.47 Å². The maximum atomic E-state index is 12.7. The fourth-order valence-corrected chi connectivity index (χ4v) is 3.49. The number of urea groups is 1. The van der Waals surface area contributed by atoms with Crippen molar-refractivity contribution in [2.75, 3.05) is 27.3 Å². The first-order chi connectivity index (χ1) is 14.5. The molecule has 30 heavy (non-hydrogen) atoms. The molecule has 2 aromatic carbocycles. The minimum Gasteiger partial charge on any atom is -0.494 e. The van der Waals surface area contributed by atoms with E-state index in [2.05, 4.69) is 10.6 Å². The number of amides is 2. The molecular formula is C23H27N3O4. The monoisotopic (exact) mass is 409 g/mol. The van der Waals surface area contributed by atoms with Crippen molar-refractivity contribution in [1.29, 1.82) is 0 Å². The van der Waals surface area contributed by atoms with Crippen LogP contribution in [0.4, 0.5) is 4.79 Å². The number of methoxy groups -OCH3 is 1. The molecular weight excluding hydrogens is 382 g/mol. The molecule has 7 nitrogen and oxygen atoms in total. The lowest BCUT2D eigenvalue weighted by atomic mass is 9.95. The van der Waals surface area contributed by atoms with Crippen molar-refractivity contribution in [1.82, 2.24) is 15.5 Å². The van der Waals surface area contributed by atoms with Crippen molar-refractivity contribution in [3.05, 3.63) is 77.0 Å². The van der Waals surface area contributed by atoms with E-state index in [0.29, 0.717) is 31.0 Å². The lowest BCUT2D eigenvalue weighted by Crippen LogP contribution is -2.48. The number of carbonyl (C=O) groups excluding carboxylic acids is 2. The van der Waals surface area contributed by atoms with Crippen LogP contribution in [0.5, 0.6) is 5.75 Å². The van der Waals surface area contributed by atoms with Gasteiger partial charge in [-0.15, -0.1) is 0 Å². The Kier molecular flexibility index (Phi) is 7.08. The van der Waals surface area contributed by atoms with Gasteiger partial charge in [0.15, 0.2) is 0 Å². The maximum absolute atomic E-state index is 12.7. The number of hydrogen-bond acceptors (Lipinski definition) is 5. The Morgan fingerprint density at radius 2 is 1.77 bits per heavy atom. The predicted octanol–water partition coefficient (Wildman–Crippen LogP) is 3.00. The molecule has 2 amide bonds. The second kappa shape index (κ2) is 9.93. The van der Waals surface area contributed by atoms with Gasteiger partial charge in [0.1, 0.15) is 5.75 Å². The Morgan fingerprint density at radius 3 is 2.40 bits per heavy atom. The number of nitrogens with zero attached hydrogens (tertiary/aromatic N) is 1. The summed E-state index contributed by atoms with van der Waals surface area (Å²) in [5.41, 5.74) is 2.84. The van der Waals surface area contributed by atoms with Crippen molar-refractivity contribution in [3.63, 3.8) is 0 Å². The zero-order chi connectivity index (χ0) is 21.5. The van der Waals surface area contributed by atoms with Crippen LogP contribution in [0.15, 0.2) is 65.9 Å². The second-order valence-electron chi connectivity index (χ2n) is 7.08. The summed E-state index contributed by atoms with van der Waals surface area (Å²) in [6, 6.07) is 16.4. The molecule has 0 unspecified atom stereocenters. The molecule has 158 valence electrons. The number of carbonyl (C=O) groups is 2. The van der Waals surface area contributed by atoms with Gasteiger partial charge in [0.25, 0.3) is 0 Å². The number of ether oxygens (including phenoxy) is 2. The largest absolute Gasteiger partial charge is 0.494 e. The summed E-state index contributed by atoms with van der Waals surface area (Å²) in [5, 5.41) is 5.63. The molecule has 1 aliphatic heterocycles. The molecule has 1 heterocycles. The quantitative estimate of drug-likeness (QED) is 0.655. The number of nitrogens with one attached hydrogen (secondary N) is 2. The van der Waals surface area contributed by atoms with E-state index >= 15 is 0 Å².